The molecular weight excluding hydrogens is 286 g/mol. The minimum Gasteiger partial charge on any atom is -0.379 e. The van der Waals surface area contributed by atoms with Gasteiger partial charge in [-0.3, -0.25) is 9.74 Å². The van der Waals surface area contributed by atoms with Crippen LogP contribution in [0.2, 0.25) is 0 Å². The fourth-order valence-electron chi connectivity index (χ4n) is 2.86. The molecule has 0 N–H and O–H groups in total. The molecule has 0 aromatic carbocycles. The molecule has 0 aliphatic carbocycles. The van der Waals surface area contributed by atoms with Crippen LogP contribution in [0, 0.1) is 0 Å². The van der Waals surface area contributed by atoms with Gasteiger partial charge in [-0.1, -0.05) is 0 Å². The summed E-state index contributed by atoms with van der Waals surface area (Å²) in [6.07, 6.45) is 2.12. The zero-order valence-electron chi connectivity index (χ0n) is 11.9. The monoisotopic (exact) mass is 305 g/mol. The lowest BCUT2D eigenvalue weighted by atomic mass is 10.3. The minimum atomic E-state index is 0.718. The Bertz CT molecular complexity index is 604. The van der Waals surface area contributed by atoms with Gasteiger partial charge in [0.15, 0.2) is 0 Å². The Balaban J connectivity index is 1.40. The molecule has 21 heavy (non-hydrogen) atoms. The number of hydroxylamine groups is 1. The van der Waals surface area contributed by atoms with Gasteiger partial charge in [-0.15, -0.1) is 11.3 Å². The maximum atomic E-state index is 6.04. The summed E-state index contributed by atoms with van der Waals surface area (Å²) in [5.41, 5.74) is 2.45. The Labute approximate surface area is 128 Å². The lowest BCUT2D eigenvalue weighted by Gasteiger charge is -2.31. The van der Waals surface area contributed by atoms with E-state index in [0.717, 1.165) is 46.0 Å². The van der Waals surface area contributed by atoms with E-state index in [-0.39, 0.29) is 0 Å². The second kappa shape index (κ2) is 5.81. The maximum absolute atomic E-state index is 6.04. The first-order chi connectivity index (χ1) is 10.4. The molecular formula is C15H19N3O2S. The highest BCUT2D eigenvalue weighted by Crippen LogP contribution is 2.36. The molecule has 2 aromatic heterocycles. The number of aromatic nitrogens is 1. The molecule has 6 heteroatoms. The smallest absolute Gasteiger partial charge is 0.126 e. The summed E-state index contributed by atoms with van der Waals surface area (Å²) < 4.78 is 7.62. The van der Waals surface area contributed by atoms with Crippen molar-refractivity contribution in [3.8, 4) is 5.00 Å². The molecule has 2 aliphatic rings. The molecule has 2 aromatic rings. The van der Waals surface area contributed by atoms with Gasteiger partial charge in [0, 0.05) is 31.5 Å². The first-order valence-electron chi connectivity index (χ1n) is 7.36. The molecule has 1 fully saturated rings. The van der Waals surface area contributed by atoms with E-state index in [1.54, 1.807) is 11.3 Å². The molecule has 112 valence electrons. The number of hydrogen-bond acceptors (Lipinski definition) is 5. The maximum Gasteiger partial charge on any atom is 0.126 e. The van der Waals surface area contributed by atoms with E-state index in [1.807, 2.05) is 5.06 Å². The van der Waals surface area contributed by atoms with Crippen molar-refractivity contribution in [2.24, 2.45) is 0 Å². The van der Waals surface area contributed by atoms with Gasteiger partial charge in [0.2, 0.25) is 0 Å². The highest BCUT2D eigenvalue weighted by Gasteiger charge is 2.23. The number of anilines is 1. The van der Waals surface area contributed by atoms with Crippen molar-refractivity contribution in [3.05, 3.63) is 35.5 Å². The largest absolute Gasteiger partial charge is 0.379 e. The molecule has 4 rings (SSSR count). The summed E-state index contributed by atoms with van der Waals surface area (Å²) in [5.74, 6) is 0. The van der Waals surface area contributed by atoms with Crippen molar-refractivity contribution in [1.82, 2.24) is 9.47 Å². The van der Waals surface area contributed by atoms with E-state index >= 15 is 0 Å². The van der Waals surface area contributed by atoms with E-state index in [9.17, 15) is 0 Å². The average molecular weight is 305 g/mol. The quantitative estimate of drug-likeness (QED) is 0.865. The van der Waals surface area contributed by atoms with E-state index in [1.165, 1.54) is 16.4 Å². The second-order valence-electron chi connectivity index (χ2n) is 5.30. The van der Waals surface area contributed by atoms with Crippen LogP contribution < -0.4 is 5.06 Å². The summed E-state index contributed by atoms with van der Waals surface area (Å²) in [7, 11) is 0. The molecule has 0 radical (unpaired) electrons. The van der Waals surface area contributed by atoms with Crippen LogP contribution in [0.3, 0.4) is 0 Å². The molecule has 0 bridgehead atoms. The Hall–Kier alpha value is -1.34. The Morgan fingerprint density at radius 1 is 1.24 bits per heavy atom. The van der Waals surface area contributed by atoms with Crippen molar-refractivity contribution >= 4 is 17.0 Å². The highest BCUT2D eigenvalue weighted by molar-refractivity contribution is 7.13. The van der Waals surface area contributed by atoms with Gasteiger partial charge in [-0.2, -0.15) is 0 Å². The molecule has 0 saturated carbocycles. The topological polar surface area (TPSA) is 29.9 Å². The molecule has 0 amide bonds. The van der Waals surface area contributed by atoms with Gasteiger partial charge in [-0.25, -0.2) is 5.06 Å². The molecule has 0 unspecified atom stereocenters. The van der Waals surface area contributed by atoms with Gasteiger partial charge in [0.1, 0.15) is 5.00 Å². The van der Waals surface area contributed by atoms with Crippen LogP contribution in [-0.4, -0.2) is 48.9 Å². The fourth-order valence-corrected chi connectivity index (χ4v) is 3.77. The Kier molecular flexibility index (Phi) is 3.69. The third-order valence-corrected chi connectivity index (χ3v) is 4.91. The Morgan fingerprint density at radius 3 is 3.05 bits per heavy atom. The molecule has 0 spiro atoms. The number of thiophene rings is 1. The number of fused-ring (bicyclic) bond motifs is 3. The number of morpholine rings is 1. The fraction of sp³-hybridized carbons (Fsp3) is 0.467. The summed E-state index contributed by atoms with van der Waals surface area (Å²) in [6.45, 7) is 6.18. The molecule has 2 aliphatic heterocycles. The molecule has 4 heterocycles. The normalized spacial score (nSPS) is 18.6. The summed E-state index contributed by atoms with van der Waals surface area (Å²) in [6, 6.07) is 6.38. The van der Waals surface area contributed by atoms with Crippen molar-refractivity contribution in [3.63, 3.8) is 0 Å². The third-order valence-electron chi connectivity index (χ3n) is 4.01. The molecule has 0 atom stereocenters. The zero-order valence-corrected chi connectivity index (χ0v) is 12.7. The van der Waals surface area contributed by atoms with Gasteiger partial charge >= 0.3 is 0 Å². The van der Waals surface area contributed by atoms with Gasteiger partial charge in [0.25, 0.3) is 0 Å². The lowest BCUT2D eigenvalue weighted by molar-refractivity contribution is 0.0153. The first kappa shape index (κ1) is 13.3. The van der Waals surface area contributed by atoms with Crippen molar-refractivity contribution in [2.45, 2.75) is 6.54 Å². The number of nitrogens with zero attached hydrogens (tertiary/aromatic N) is 3. The van der Waals surface area contributed by atoms with E-state index < -0.39 is 0 Å². The van der Waals surface area contributed by atoms with Crippen LogP contribution >= 0.6 is 11.3 Å². The zero-order chi connectivity index (χ0) is 14.1. The summed E-state index contributed by atoms with van der Waals surface area (Å²) in [5, 5.41) is 5.40. The molecule has 5 nitrogen and oxygen atoms in total. The van der Waals surface area contributed by atoms with E-state index in [0.29, 0.717) is 0 Å². The SMILES string of the molecule is c1cc2n(c1)-c1sccc1N(OCCN1CCOCC1)C2. The predicted octanol–water partition coefficient (Wildman–Crippen LogP) is 2.12. The first-order valence-corrected chi connectivity index (χ1v) is 8.24. The van der Waals surface area contributed by atoms with Crippen LogP contribution in [0.4, 0.5) is 5.69 Å². The van der Waals surface area contributed by atoms with E-state index in [2.05, 4.69) is 39.2 Å². The number of ether oxygens (including phenoxy) is 1. The second-order valence-corrected chi connectivity index (χ2v) is 6.20. The third kappa shape index (κ3) is 2.60. The van der Waals surface area contributed by atoms with Crippen LogP contribution in [-0.2, 0) is 16.1 Å². The Morgan fingerprint density at radius 2 is 2.14 bits per heavy atom. The lowest BCUT2D eigenvalue weighted by Crippen LogP contribution is -2.39. The van der Waals surface area contributed by atoms with Crippen LogP contribution in [0.25, 0.3) is 5.00 Å². The van der Waals surface area contributed by atoms with Crippen molar-refractivity contribution in [1.29, 1.82) is 0 Å². The summed E-state index contributed by atoms with van der Waals surface area (Å²) in [4.78, 5) is 8.43. The number of hydrogen-bond donors (Lipinski definition) is 0. The van der Waals surface area contributed by atoms with Gasteiger partial charge < -0.3 is 9.30 Å². The summed E-state index contributed by atoms with van der Waals surface area (Å²) >= 11 is 1.75. The average Bonchev–Trinajstić information content (AvgIpc) is 3.16. The predicted molar refractivity (Wildman–Crippen MR) is 83.0 cm³/mol. The van der Waals surface area contributed by atoms with Crippen molar-refractivity contribution in [2.75, 3.05) is 44.5 Å². The van der Waals surface area contributed by atoms with Crippen LogP contribution in [0.15, 0.2) is 29.8 Å². The molecule has 1 saturated heterocycles. The van der Waals surface area contributed by atoms with E-state index in [4.69, 9.17) is 9.57 Å². The minimum absolute atomic E-state index is 0.718. The van der Waals surface area contributed by atoms with Crippen LogP contribution in [0.1, 0.15) is 5.69 Å². The number of rotatable bonds is 4. The van der Waals surface area contributed by atoms with Crippen LogP contribution in [0.5, 0.6) is 0 Å². The van der Waals surface area contributed by atoms with Crippen molar-refractivity contribution < 1.29 is 9.57 Å². The highest BCUT2D eigenvalue weighted by atomic mass is 32.1. The van der Waals surface area contributed by atoms with Gasteiger partial charge in [0.05, 0.1) is 32.1 Å². The van der Waals surface area contributed by atoms with Gasteiger partial charge in [-0.05, 0) is 23.6 Å². The standard InChI is InChI=1S/C15H19N3O2S/c1-2-13-12-18(14-3-11-21-15(14)17(13)4-1)20-10-7-16-5-8-19-9-6-16/h1-4,11H,5-10,12H2.